The molecular formula is C15H20FN3O. The third kappa shape index (κ3) is 3.87. The van der Waals surface area contributed by atoms with E-state index in [9.17, 15) is 4.39 Å². The third-order valence-electron chi connectivity index (χ3n) is 2.99. The van der Waals surface area contributed by atoms with Crippen LogP contribution in [0.4, 0.5) is 4.39 Å². The quantitative estimate of drug-likeness (QED) is 0.881. The van der Waals surface area contributed by atoms with Gasteiger partial charge in [-0.15, -0.1) is 0 Å². The van der Waals surface area contributed by atoms with Crippen molar-refractivity contribution in [1.29, 1.82) is 0 Å². The molecule has 20 heavy (non-hydrogen) atoms. The van der Waals surface area contributed by atoms with E-state index in [1.165, 1.54) is 12.1 Å². The third-order valence-corrected chi connectivity index (χ3v) is 2.99. The molecule has 0 amide bonds. The summed E-state index contributed by atoms with van der Waals surface area (Å²) in [5.74, 6) is 0.715. The zero-order valence-electron chi connectivity index (χ0n) is 12.1. The van der Waals surface area contributed by atoms with Crippen LogP contribution in [0.25, 0.3) is 11.4 Å². The summed E-state index contributed by atoms with van der Waals surface area (Å²) in [6.45, 7) is 7.00. The number of rotatable bonds is 6. The Morgan fingerprint density at radius 3 is 2.85 bits per heavy atom. The van der Waals surface area contributed by atoms with E-state index in [0.717, 1.165) is 18.5 Å². The molecule has 1 aromatic heterocycles. The number of halogens is 1. The van der Waals surface area contributed by atoms with Gasteiger partial charge < -0.3 is 9.84 Å². The first-order valence-electron chi connectivity index (χ1n) is 6.92. The number of nitrogens with one attached hydrogen (secondary N) is 1. The van der Waals surface area contributed by atoms with Crippen molar-refractivity contribution in [3.63, 3.8) is 0 Å². The normalized spacial score (nSPS) is 12.6. The Labute approximate surface area is 118 Å². The average molecular weight is 277 g/mol. The first-order valence-corrected chi connectivity index (χ1v) is 6.92. The number of aryl methyl sites for hydroxylation is 1. The molecule has 0 spiro atoms. The Morgan fingerprint density at radius 2 is 2.15 bits per heavy atom. The highest BCUT2D eigenvalue weighted by Gasteiger charge is 2.12. The first kappa shape index (κ1) is 14.7. The number of hydrogen-bond acceptors (Lipinski definition) is 4. The molecule has 0 aliphatic carbocycles. The van der Waals surface area contributed by atoms with Crippen molar-refractivity contribution in [3.05, 3.63) is 35.5 Å². The molecule has 1 unspecified atom stereocenters. The zero-order valence-corrected chi connectivity index (χ0v) is 12.1. The molecule has 0 saturated carbocycles. The summed E-state index contributed by atoms with van der Waals surface area (Å²) in [5, 5.41) is 7.28. The van der Waals surface area contributed by atoms with E-state index in [-0.39, 0.29) is 11.9 Å². The molecule has 0 aliphatic heterocycles. The molecule has 1 aromatic carbocycles. The molecule has 1 N–H and O–H groups in total. The molecular weight excluding hydrogens is 257 g/mol. The summed E-state index contributed by atoms with van der Waals surface area (Å²) in [5.41, 5.74) is 1.48. The molecule has 1 heterocycles. The minimum absolute atomic E-state index is 0.275. The van der Waals surface area contributed by atoms with E-state index >= 15 is 0 Å². The van der Waals surface area contributed by atoms with Gasteiger partial charge in [0.15, 0.2) is 0 Å². The fraction of sp³-hybridized carbons (Fsp3) is 0.467. The molecule has 0 bridgehead atoms. The fourth-order valence-electron chi connectivity index (χ4n) is 2.05. The van der Waals surface area contributed by atoms with Gasteiger partial charge in [-0.1, -0.05) is 12.1 Å². The molecule has 2 aromatic rings. The number of nitrogens with zero attached hydrogens (tertiary/aromatic N) is 2. The maximum absolute atomic E-state index is 13.4. The van der Waals surface area contributed by atoms with Crippen molar-refractivity contribution in [3.8, 4) is 11.4 Å². The first-order chi connectivity index (χ1) is 9.58. The van der Waals surface area contributed by atoms with Gasteiger partial charge in [0.1, 0.15) is 5.82 Å². The van der Waals surface area contributed by atoms with Crippen LogP contribution in [0.2, 0.25) is 0 Å². The van der Waals surface area contributed by atoms with Gasteiger partial charge in [0.25, 0.3) is 0 Å². The molecule has 1 atom stereocenters. The summed E-state index contributed by atoms with van der Waals surface area (Å²) in [6, 6.07) is 5.01. The standard InChI is InChI=1S/C15H20FN3O/c1-4-5-17-11(3)8-14-18-15(19-20-14)12-6-10(2)7-13(16)9-12/h6-7,9,11,17H,4-5,8H2,1-3H3. The molecule has 4 nitrogen and oxygen atoms in total. The number of hydrogen-bond donors (Lipinski definition) is 1. The maximum Gasteiger partial charge on any atom is 0.228 e. The predicted octanol–water partition coefficient (Wildman–Crippen LogP) is 3.11. The van der Waals surface area contributed by atoms with Crippen LogP contribution in [0.5, 0.6) is 0 Å². The average Bonchev–Trinajstić information content (AvgIpc) is 2.83. The molecule has 2 rings (SSSR count). The van der Waals surface area contributed by atoms with E-state index < -0.39 is 0 Å². The lowest BCUT2D eigenvalue weighted by Gasteiger charge is -2.09. The Balaban J connectivity index is 2.08. The molecule has 5 heteroatoms. The summed E-state index contributed by atoms with van der Waals surface area (Å²) >= 11 is 0. The van der Waals surface area contributed by atoms with Crippen molar-refractivity contribution in [2.24, 2.45) is 0 Å². The van der Waals surface area contributed by atoms with Gasteiger partial charge in [0, 0.05) is 18.0 Å². The van der Waals surface area contributed by atoms with Gasteiger partial charge >= 0.3 is 0 Å². The van der Waals surface area contributed by atoms with E-state index in [1.807, 2.05) is 13.0 Å². The van der Waals surface area contributed by atoms with Gasteiger partial charge in [-0.3, -0.25) is 0 Å². The van der Waals surface area contributed by atoms with Crippen LogP contribution in [-0.2, 0) is 6.42 Å². The Bertz CT molecular complexity index is 548. The smallest absolute Gasteiger partial charge is 0.228 e. The van der Waals surface area contributed by atoms with Gasteiger partial charge in [-0.2, -0.15) is 4.98 Å². The maximum atomic E-state index is 13.4. The van der Waals surface area contributed by atoms with Gasteiger partial charge in [-0.05, 0) is 50.6 Å². The van der Waals surface area contributed by atoms with Gasteiger partial charge in [0.2, 0.25) is 11.7 Å². The Morgan fingerprint density at radius 1 is 1.35 bits per heavy atom. The van der Waals surface area contributed by atoms with Crippen LogP contribution in [0, 0.1) is 12.7 Å². The molecule has 0 aliphatic rings. The van der Waals surface area contributed by atoms with Crippen LogP contribution < -0.4 is 5.32 Å². The lowest BCUT2D eigenvalue weighted by Crippen LogP contribution is -2.28. The highest BCUT2D eigenvalue weighted by Crippen LogP contribution is 2.19. The van der Waals surface area contributed by atoms with Crippen LogP contribution in [0.15, 0.2) is 22.7 Å². The van der Waals surface area contributed by atoms with Crippen molar-refractivity contribution in [2.45, 2.75) is 39.7 Å². The summed E-state index contributed by atoms with van der Waals surface area (Å²) in [6.07, 6.45) is 1.75. The topological polar surface area (TPSA) is 51.0 Å². The molecule has 0 fully saturated rings. The second-order valence-electron chi connectivity index (χ2n) is 5.09. The highest BCUT2D eigenvalue weighted by molar-refractivity contribution is 5.55. The van der Waals surface area contributed by atoms with Gasteiger partial charge in [-0.25, -0.2) is 4.39 Å². The van der Waals surface area contributed by atoms with Crippen molar-refractivity contribution >= 4 is 0 Å². The second kappa shape index (κ2) is 6.61. The molecule has 0 saturated heterocycles. The van der Waals surface area contributed by atoms with E-state index in [2.05, 4.69) is 29.3 Å². The van der Waals surface area contributed by atoms with Crippen molar-refractivity contribution in [2.75, 3.05) is 6.54 Å². The summed E-state index contributed by atoms with van der Waals surface area (Å²) in [7, 11) is 0. The highest BCUT2D eigenvalue weighted by atomic mass is 19.1. The van der Waals surface area contributed by atoms with Crippen LogP contribution >= 0.6 is 0 Å². The SMILES string of the molecule is CCCNC(C)Cc1nc(-c2cc(C)cc(F)c2)no1. The molecule has 0 radical (unpaired) electrons. The van der Waals surface area contributed by atoms with Crippen molar-refractivity contribution in [1.82, 2.24) is 15.5 Å². The predicted molar refractivity (Wildman–Crippen MR) is 75.9 cm³/mol. The summed E-state index contributed by atoms with van der Waals surface area (Å²) in [4.78, 5) is 4.33. The lowest BCUT2D eigenvalue weighted by atomic mass is 10.1. The second-order valence-corrected chi connectivity index (χ2v) is 5.09. The minimum atomic E-state index is -0.288. The van der Waals surface area contributed by atoms with E-state index in [4.69, 9.17) is 4.52 Å². The van der Waals surface area contributed by atoms with Crippen LogP contribution in [0.1, 0.15) is 31.7 Å². The largest absolute Gasteiger partial charge is 0.339 e. The Hall–Kier alpha value is -1.75. The fourth-order valence-corrected chi connectivity index (χ4v) is 2.05. The Kier molecular flexibility index (Phi) is 4.84. The van der Waals surface area contributed by atoms with Crippen LogP contribution in [-0.4, -0.2) is 22.7 Å². The molecule has 108 valence electrons. The van der Waals surface area contributed by atoms with Crippen LogP contribution in [0.3, 0.4) is 0 Å². The lowest BCUT2D eigenvalue weighted by molar-refractivity contribution is 0.362. The van der Waals surface area contributed by atoms with Crippen molar-refractivity contribution < 1.29 is 8.91 Å². The zero-order chi connectivity index (χ0) is 14.5. The number of benzene rings is 1. The minimum Gasteiger partial charge on any atom is -0.339 e. The van der Waals surface area contributed by atoms with Gasteiger partial charge in [0.05, 0.1) is 0 Å². The van der Waals surface area contributed by atoms with E-state index in [0.29, 0.717) is 23.7 Å². The monoisotopic (exact) mass is 277 g/mol. The summed E-state index contributed by atoms with van der Waals surface area (Å²) < 4.78 is 18.6. The number of aromatic nitrogens is 2. The van der Waals surface area contributed by atoms with E-state index in [1.54, 1.807) is 0 Å².